The Labute approximate surface area is 126 Å². The lowest BCUT2D eigenvalue weighted by Crippen LogP contribution is -2.34. The van der Waals surface area contributed by atoms with E-state index in [-0.39, 0.29) is 18.6 Å². The van der Waals surface area contributed by atoms with E-state index in [1.807, 2.05) is 0 Å². The molecule has 0 radical (unpaired) electrons. The SMILES string of the molecule is N#Cc1cc(Br)ccc1NC(=O)COC1CCNCC1. The predicted octanol–water partition coefficient (Wildman–Crippen LogP) is 2.03. The zero-order valence-electron chi connectivity index (χ0n) is 11.0. The number of nitrogens with zero attached hydrogens (tertiary/aromatic N) is 1. The van der Waals surface area contributed by atoms with Crippen molar-refractivity contribution >= 4 is 27.5 Å². The van der Waals surface area contributed by atoms with Gasteiger partial charge in [-0.3, -0.25) is 4.79 Å². The van der Waals surface area contributed by atoms with Gasteiger partial charge in [0.2, 0.25) is 5.91 Å². The van der Waals surface area contributed by atoms with Crippen LogP contribution in [0.4, 0.5) is 5.69 Å². The molecule has 2 N–H and O–H groups in total. The summed E-state index contributed by atoms with van der Waals surface area (Å²) < 4.78 is 6.37. The summed E-state index contributed by atoms with van der Waals surface area (Å²) in [5.74, 6) is -0.234. The Kier molecular flexibility index (Phi) is 5.53. The van der Waals surface area contributed by atoms with E-state index >= 15 is 0 Å². The largest absolute Gasteiger partial charge is 0.368 e. The molecule has 0 unspecified atom stereocenters. The summed E-state index contributed by atoms with van der Waals surface area (Å²) in [4.78, 5) is 11.8. The van der Waals surface area contributed by atoms with Crippen molar-refractivity contribution in [1.82, 2.24) is 5.32 Å². The van der Waals surface area contributed by atoms with Crippen molar-refractivity contribution in [3.05, 3.63) is 28.2 Å². The van der Waals surface area contributed by atoms with Gasteiger partial charge in [0.25, 0.3) is 0 Å². The van der Waals surface area contributed by atoms with Crippen LogP contribution in [0, 0.1) is 11.3 Å². The Balaban J connectivity index is 1.86. The van der Waals surface area contributed by atoms with Crippen LogP contribution in [0.3, 0.4) is 0 Å². The number of piperidine rings is 1. The molecule has 1 aromatic carbocycles. The lowest BCUT2D eigenvalue weighted by molar-refractivity contribution is -0.123. The lowest BCUT2D eigenvalue weighted by Gasteiger charge is -2.22. The summed E-state index contributed by atoms with van der Waals surface area (Å²) in [7, 11) is 0. The fourth-order valence-electron chi connectivity index (χ4n) is 2.06. The maximum absolute atomic E-state index is 11.8. The van der Waals surface area contributed by atoms with E-state index in [0.29, 0.717) is 11.3 Å². The zero-order valence-corrected chi connectivity index (χ0v) is 12.6. The van der Waals surface area contributed by atoms with Crippen molar-refractivity contribution in [2.75, 3.05) is 25.0 Å². The first-order valence-electron chi connectivity index (χ1n) is 6.51. The maximum atomic E-state index is 11.8. The number of nitriles is 1. The van der Waals surface area contributed by atoms with Crippen LogP contribution in [-0.2, 0) is 9.53 Å². The van der Waals surface area contributed by atoms with Gasteiger partial charge >= 0.3 is 0 Å². The van der Waals surface area contributed by atoms with Crippen molar-refractivity contribution < 1.29 is 9.53 Å². The molecule has 1 amide bonds. The fourth-order valence-corrected chi connectivity index (χ4v) is 2.42. The summed E-state index contributed by atoms with van der Waals surface area (Å²) in [5.41, 5.74) is 0.934. The Bertz CT molecular complexity index is 522. The van der Waals surface area contributed by atoms with Gasteiger partial charge in [0.1, 0.15) is 12.7 Å². The molecule has 106 valence electrons. The molecule has 20 heavy (non-hydrogen) atoms. The number of nitrogens with one attached hydrogen (secondary N) is 2. The van der Waals surface area contributed by atoms with Gasteiger partial charge in [0, 0.05) is 4.47 Å². The van der Waals surface area contributed by atoms with Crippen molar-refractivity contribution in [3.8, 4) is 6.07 Å². The van der Waals surface area contributed by atoms with Crippen molar-refractivity contribution in [2.24, 2.45) is 0 Å². The average molecular weight is 338 g/mol. The third kappa shape index (κ3) is 4.30. The average Bonchev–Trinajstić information content (AvgIpc) is 2.48. The molecule has 0 aromatic heterocycles. The Morgan fingerprint density at radius 1 is 1.50 bits per heavy atom. The summed E-state index contributed by atoms with van der Waals surface area (Å²) in [5, 5.41) is 15.0. The third-order valence-corrected chi connectivity index (χ3v) is 3.61. The van der Waals surface area contributed by atoms with Crippen LogP contribution < -0.4 is 10.6 Å². The van der Waals surface area contributed by atoms with Crippen molar-refractivity contribution in [3.63, 3.8) is 0 Å². The van der Waals surface area contributed by atoms with Gasteiger partial charge in [-0.15, -0.1) is 0 Å². The number of carbonyl (C=O) groups excluding carboxylic acids is 1. The Morgan fingerprint density at radius 2 is 2.25 bits per heavy atom. The molecular formula is C14H16BrN3O2. The van der Waals surface area contributed by atoms with E-state index in [1.54, 1.807) is 18.2 Å². The zero-order chi connectivity index (χ0) is 14.4. The highest BCUT2D eigenvalue weighted by molar-refractivity contribution is 9.10. The number of hydrogen-bond acceptors (Lipinski definition) is 4. The minimum atomic E-state index is -0.234. The molecule has 1 aromatic rings. The van der Waals surface area contributed by atoms with E-state index < -0.39 is 0 Å². The number of halogens is 1. The van der Waals surface area contributed by atoms with Gasteiger partial charge in [-0.2, -0.15) is 5.26 Å². The van der Waals surface area contributed by atoms with Crippen LogP contribution in [0.25, 0.3) is 0 Å². The minimum absolute atomic E-state index is 0.0194. The van der Waals surface area contributed by atoms with Crippen LogP contribution in [0.2, 0.25) is 0 Å². The number of amides is 1. The lowest BCUT2D eigenvalue weighted by atomic mass is 10.1. The number of rotatable bonds is 4. The first kappa shape index (κ1) is 15.0. The normalized spacial score (nSPS) is 15.6. The smallest absolute Gasteiger partial charge is 0.250 e. The number of benzene rings is 1. The van der Waals surface area contributed by atoms with Gasteiger partial charge in [0.15, 0.2) is 0 Å². The molecule has 6 heteroatoms. The Hall–Kier alpha value is -1.42. The van der Waals surface area contributed by atoms with E-state index in [9.17, 15) is 4.79 Å². The van der Waals surface area contributed by atoms with Gasteiger partial charge in [-0.1, -0.05) is 15.9 Å². The van der Waals surface area contributed by atoms with Crippen molar-refractivity contribution in [1.29, 1.82) is 5.26 Å². The highest BCUT2D eigenvalue weighted by Gasteiger charge is 2.15. The van der Waals surface area contributed by atoms with E-state index in [4.69, 9.17) is 10.00 Å². The van der Waals surface area contributed by atoms with Gasteiger partial charge in [-0.25, -0.2) is 0 Å². The summed E-state index contributed by atoms with van der Waals surface area (Å²) in [6, 6.07) is 7.20. The second kappa shape index (κ2) is 7.39. The molecule has 0 bridgehead atoms. The second-order valence-corrected chi connectivity index (χ2v) is 5.53. The number of anilines is 1. The first-order valence-corrected chi connectivity index (χ1v) is 7.30. The first-order chi connectivity index (χ1) is 9.69. The maximum Gasteiger partial charge on any atom is 0.250 e. The highest BCUT2D eigenvalue weighted by atomic mass is 79.9. The molecule has 2 rings (SSSR count). The molecule has 1 aliphatic heterocycles. The van der Waals surface area contributed by atoms with Crippen LogP contribution in [0.1, 0.15) is 18.4 Å². The molecule has 1 saturated heterocycles. The summed E-state index contributed by atoms with van der Waals surface area (Å²) in [6.07, 6.45) is 1.99. The van der Waals surface area contributed by atoms with Crippen LogP contribution >= 0.6 is 15.9 Å². The predicted molar refractivity (Wildman–Crippen MR) is 79.3 cm³/mol. The molecular weight excluding hydrogens is 322 g/mol. The molecule has 5 nitrogen and oxygen atoms in total. The van der Waals surface area contributed by atoms with Crippen LogP contribution in [-0.4, -0.2) is 31.7 Å². The molecule has 0 saturated carbocycles. The standard InChI is InChI=1S/C14H16BrN3O2/c15-11-1-2-13(10(7-11)8-16)18-14(19)9-20-12-3-5-17-6-4-12/h1-2,7,12,17H,3-6,9H2,(H,18,19). The van der Waals surface area contributed by atoms with Gasteiger partial charge in [-0.05, 0) is 44.1 Å². The molecule has 0 spiro atoms. The fraction of sp³-hybridized carbons (Fsp3) is 0.429. The Morgan fingerprint density at radius 3 is 2.95 bits per heavy atom. The molecule has 1 heterocycles. The van der Waals surface area contributed by atoms with E-state index in [2.05, 4.69) is 32.6 Å². The summed E-state index contributed by atoms with van der Waals surface area (Å²) >= 11 is 3.29. The van der Waals surface area contributed by atoms with E-state index in [1.165, 1.54) is 0 Å². The quantitative estimate of drug-likeness (QED) is 0.881. The van der Waals surface area contributed by atoms with Gasteiger partial charge < -0.3 is 15.4 Å². The number of carbonyl (C=O) groups is 1. The molecule has 0 atom stereocenters. The minimum Gasteiger partial charge on any atom is -0.368 e. The highest BCUT2D eigenvalue weighted by Crippen LogP contribution is 2.20. The van der Waals surface area contributed by atoms with Gasteiger partial charge in [0.05, 0.1) is 17.4 Å². The topological polar surface area (TPSA) is 74.2 Å². The van der Waals surface area contributed by atoms with Crippen molar-refractivity contribution in [2.45, 2.75) is 18.9 Å². The van der Waals surface area contributed by atoms with Crippen LogP contribution in [0.15, 0.2) is 22.7 Å². The van der Waals surface area contributed by atoms with E-state index in [0.717, 1.165) is 30.4 Å². The number of hydrogen-bond donors (Lipinski definition) is 2. The number of ether oxygens (including phenoxy) is 1. The third-order valence-electron chi connectivity index (χ3n) is 3.11. The molecule has 1 fully saturated rings. The molecule has 0 aliphatic carbocycles. The van der Waals surface area contributed by atoms with Crippen LogP contribution in [0.5, 0.6) is 0 Å². The molecule has 1 aliphatic rings. The summed E-state index contributed by atoms with van der Waals surface area (Å²) in [6.45, 7) is 1.88. The monoisotopic (exact) mass is 337 g/mol. The second-order valence-electron chi connectivity index (χ2n) is 4.61.